The summed E-state index contributed by atoms with van der Waals surface area (Å²) in [6, 6.07) is 11.7. The Morgan fingerprint density at radius 1 is 0.667 bits per heavy atom. The monoisotopic (exact) mass is 494 g/mol. The predicted octanol–water partition coefficient (Wildman–Crippen LogP) is 2.42. The molecule has 2 fully saturated rings. The van der Waals surface area contributed by atoms with Crippen molar-refractivity contribution in [1.82, 2.24) is 0 Å². The highest BCUT2D eigenvalue weighted by atomic mass is 16.7. The number of fused-ring (bicyclic) bond motifs is 1. The lowest BCUT2D eigenvalue weighted by atomic mass is 10.1. The molecule has 4 rings (SSSR count). The van der Waals surface area contributed by atoms with E-state index in [1.807, 2.05) is 0 Å². The lowest BCUT2D eigenvalue weighted by Crippen LogP contribution is -2.36. The molecule has 0 N–H and O–H groups in total. The summed E-state index contributed by atoms with van der Waals surface area (Å²) in [5, 5.41) is 0. The van der Waals surface area contributed by atoms with Crippen LogP contribution in [0.5, 0.6) is 11.5 Å². The molecule has 2 aliphatic rings. The van der Waals surface area contributed by atoms with Crippen LogP contribution in [-0.4, -0.2) is 61.5 Å². The summed E-state index contributed by atoms with van der Waals surface area (Å²) in [7, 11) is 0. The van der Waals surface area contributed by atoms with Crippen molar-refractivity contribution in [3.63, 3.8) is 0 Å². The molecule has 0 amide bonds. The Hall–Kier alpha value is -4.28. The van der Waals surface area contributed by atoms with Crippen molar-refractivity contribution in [2.75, 3.05) is 13.2 Å². The zero-order chi connectivity index (χ0) is 25.7. The topological polar surface area (TPSA) is 124 Å². The molecule has 2 heterocycles. The van der Waals surface area contributed by atoms with Gasteiger partial charge in [0.15, 0.2) is 12.2 Å². The van der Waals surface area contributed by atoms with E-state index in [9.17, 15) is 19.2 Å². The maximum Gasteiger partial charge on any atom is 0.338 e. The van der Waals surface area contributed by atoms with E-state index in [0.29, 0.717) is 0 Å². The summed E-state index contributed by atoms with van der Waals surface area (Å²) in [6.07, 6.45) is -0.513. The van der Waals surface area contributed by atoms with Crippen LogP contribution in [0.15, 0.2) is 73.8 Å². The van der Waals surface area contributed by atoms with E-state index in [4.69, 9.17) is 28.4 Å². The largest absolute Gasteiger partial charge is 0.453 e. The molecule has 186 valence electrons. The second kappa shape index (κ2) is 11.0. The molecule has 2 aromatic rings. The van der Waals surface area contributed by atoms with E-state index in [1.165, 1.54) is 48.5 Å². The number of rotatable bonds is 8. The molecule has 0 radical (unpaired) electrons. The Bertz CT molecular complexity index is 1070. The third-order valence-corrected chi connectivity index (χ3v) is 5.43. The van der Waals surface area contributed by atoms with Gasteiger partial charge in [0.05, 0.1) is 24.3 Å². The van der Waals surface area contributed by atoms with Gasteiger partial charge in [-0.1, -0.05) is 13.2 Å². The summed E-state index contributed by atoms with van der Waals surface area (Å²) in [4.78, 5) is 47.6. The normalized spacial score (nSPS) is 22.1. The maximum absolute atomic E-state index is 12.6. The van der Waals surface area contributed by atoms with Gasteiger partial charge in [0.1, 0.15) is 23.7 Å². The zero-order valence-corrected chi connectivity index (χ0v) is 19.0. The SMILES string of the molecule is C=CC(=O)Oc1ccc(C(=O)OC2CO[C@@H]3[C@@H](OC(=O)c4ccc(OC(=O)C=C)cc4)CO[C@H]23)cc1. The smallest absolute Gasteiger partial charge is 0.338 e. The number of esters is 4. The lowest BCUT2D eigenvalue weighted by molar-refractivity contribution is -0.129. The van der Waals surface area contributed by atoms with Crippen molar-refractivity contribution in [2.24, 2.45) is 0 Å². The minimum Gasteiger partial charge on any atom is -0.453 e. The molecule has 4 atom stereocenters. The van der Waals surface area contributed by atoms with Crippen molar-refractivity contribution in [2.45, 2.75) is 24.4 Å². The van der Waals surface area contributed by atoms with Crippen LogP contribution >= 0.6 is 0 Å². The molecular formula is C26H22O10. The van der Waals surface area contributed by atoms with Crippen LogP contribution in [0, 0.1) is 0 Å². The molecular weight excluding hydrogens is 472 g/mol. The van der Waals surface area contributed by atoms with Crippen molar-refractivity contribution in [3.8, 4) is 11.5 Å². The van der Waals surface area contributed by atoms with E-state index < -0.39 is 48.3 Å². The molecule has 2 saturated heterocycles. The Labute approximate surface area is 206 Å². The van der Waals surface area contributed by atoms with Gasteiger partial charge >= 0.3 is 23.9 Å². The number of benzene rings is 2. The molecule has 36 heavy (non-hydrogen) atoms. The van der Waals surface area contributed by atoms with Crippen molar-refractivity contribution in [1.29, 1.82) is 0 Å². The van der Waals surface area contributed by atoms with Crippen LogP contribution in [0.3, 0.4) is 0 Å². The first-order chi connectivity index (χ1) is 17.4. The van der Waals surface area contributed by atoms with E-state index in [0.717, 1.165) is 12.2 Å². The quantitative estimate of drug-likeness (QED) is 0.307. The van der Waals surface area contributed by atoms with Gasteiger partial charge in [-0.2, -0.15) is 0 Å². The third kappa shape index (κ3) is 5.68. The van der Waals surface area contributed by atoms with Crippen LogP contribution < -0.4 is 9.47 Å². The lowest BCUT2D eigenvalue weighted by Gasteiger charge is -2.17. The fourth-order valence-corrected chi connectivity index (χ4v) is 3.68. The fourth-order valence-electron chi connectivity index (χ4n) is 3.68. The average Bonchev–Trinajstić information content (AvgIpc) is 3.47. The van der Waals surface area contributed by atoms with Gasteiger partial charge in [-0.15, -0.1) is 0 Å². The predicted molar refractivity (Wildman–Crippen MR) is 122 cm³/mol. The molecule has 0 aliphatic carbocycles. The van der Waals surface area contributed by atoms with Crippen LogP contribution in [-0.2, 0) is 28.5 Å². The van der Waals surface area contributed by atoms with E-state index in [1.54, 1.807) is 0 Å². The first-order valence-electron chi connectivity index (χ1n) is 10.9. The van der Waals surface area contributed by atoms with Crippen molar-refractivity contribution in [3.05, 3.63) is 85.0 Å². The maximum atomic E-state index is 12.6. The number of hydrogen-bond donors (Lipinski definition) is 0. The molecule has 2 aliphatic heterocycles. The fraction of sp³-hybridized carbons (Fsp3) is 0.231. The summed E-state index contributed by atoms with van der Waals surface area (Å²) in [5.74, 6) is -1.91. The highest BCUT2D eigenvalue weighted by molar-refractivity contribution is 5.90. The van der Waals surface area contributed by atoms with Crippen LogP contribution in [0.4, 0.5) is 0 Å². The van der Waals surface area contributed by atoms with Gasteiger partial charge in [0.2, 0.25) is 0 Å². The van der Waals surface area contributed by atoms with Crippen LogP contribution in [0.2, 0.25) is 0 Å². The van der Waals surface area contributed by atoms with Crippen LogP contribution in [0.25, 0.3) is 0 Å². The first kappa shape index (κ1) is 24.8. The molecule has 0 spiro atoms. The highest BCUT2D eigenvalue weighted by Gasteiger charge is 2.51. The van der Waals surface area contributed by atoms with Crippen LogP contribution in [0.1, 0.15) is 20.7 Å². The van der Waals surface area contributed by atoms with E-state index in [2.05, 4.69) is 13.2 Å². The number of carbonyl (C=O) groups excluding carboxylic acids is 4. The Balaban J connectivity index is 1.30. The second-order valence-corrected chi connectivity index (χ2v) is 7.78. The van der Waals surface area contributed by atoms with Gasteiger partial charge in [-0.05, 0) is 48.5 Å². The molecule has 2 aromatic carbocycles. The summed E-state index contributed by atoms with van der Waals surface area (Å²) < 4.78 is 32.5. The standard InChI is InChI=1S/C26H22O10/c1-3-21(27)33-17-9-5-15(6-10-17)25(29)35-19-13-31-24-20(14-32-23(19)24)36-26(30)16-7-11-18(12-8-16)34-22(28)4-2/h3-12,19-20,23-24H,1-2,13-14H2/t19-,20?,23+,24+/m0/s1. The van der Waals surface area contributed by atoms with Gasteiger partial charge in [0, 0.05) is 12.2 Å². The Kier molecular flexibility index (Phi) is 7.57. The zero-order valence-electron chi connectivity index (χ0n) is 19.0. The van der Waals surface area contributed by atoms with Gasteiger partial charge in [0.25, 0.3) is 0 Å². The second-order valence-electron chi connectivity index (χ2n) is 7.78. The molecule has 10 nitrogen and oxygen atoms in total. The van der Waals surface area contributed by atoms with E-state index in [-0.39, 0.29) is 35.8 Å². The summed E-state index contributed by atoms with van der Waals surface area (Å²) in [6.45, 7) is 6.79. The molecule has 1 unspecified atom stereocenters. The van der Waals surface area contributed by atoms with Crippen molar-refractivity contribution >= 4 is 23.9 Å². The molecule has 0 bridgehead atoms. The van der Waals surface area contributed by atoms with Gasteiger partial charge < -0.3 is 28.4 Å². The molecule has 0 saturated carbocycles. The number of hydrogen-bond acceptors (Lipinski definition) is 10. The first-order valence-corrected chi connectivity index (χ1v) is 10.9. The number of ether oxygens (including phenoxy) is 6. The van der Waals surface area contributed by atoms with Crippen molar-refractivity contribution < 1.29 is 47.6 Å². The average molecular weight is 494 g/mol. The van der Waals surface area contributed by atoms with Gasteiger partial charge in [-0.3, -0.25) is 0 Å². The van der Waals surface area contributed by atoms with Gasteiger partial charge in [-0.25, -0.2) is 19.2 Å². The summed E-state index contributed by atoms with van der Waals surface area (Å²) >= 11 is 0. The highest BCUT2D eigenvalue weighted by Crippen LogP contribution is 2.31. The molecule has 0 aromatic heterocycles. The Morgan fingerprint density at radius 3 is 1.36 bits per heavy atom. The van der Waals surface area contributed by atoms with E-state index >= 15 is 0 Å². The molecule has 10 heteroatoms. The minimum atomic E-state index is -0.691. The third-order valence-electron chi connectivity index (χ3n) is 5.43. The Morgan fingerprint density at radius 2 is 1.03 bits per heavy atom. The summed E-state index contributed by atoms with van der Waals surface area (Å²) in [5.41, 5.74) is 0.500. The number of carbonyl (C=O) groups is 4. The minimum absolute atomic E-state index is 0.0769.